The van der Waals surface area contributed by atoms with Crippen molar-refractivity contribution in [3.8, 4) is 5.75 Å². The van der Waals surface area contributed by atoms with Crippen LogP contribution >= 0.6 is 0 Å². The Morgan fingerprint density at radius 1 is 0.880 bits per heavy atom. The topological polar surface area (TPSA) is 35.5 Å². The standard InChI is InChI=1S/C22H18O3/c1-24-17-12-13-18-19(14-17)21(25-22(18)23)20(15-8-4-2-5-9-15)16-10-6-3-7-11-16/h2-14,20-21H,1H3. The highest BCUT2D eigenvalue weighted by Crippen LogP contribution is 2.45. The van der Waals surface area contributed by atoms with Crippen molar-refractivity contribution in [3.63, 3.8) is 0 Å². The highest BCUT2D eigenvalue weighted by Gasteiger charge is 2.38. The quantitative estimate of drug-likeness (QED) is 0.648. The summed E-state index contributed by atoms with van der Waals surface area (Å²) in [6.45, 7) is 0. The lowest BCUT2D eigenvalue weighted by atomic mass is 9.83. The van der Waals surface area contributed by atoms with Gasteiger partial charge in [0.15, 0.2) is 0 Å². The summed E-state index contributed by atoms with van der Waals surface area (Å²) < 4.78 is 11.2. The summed E-state index contributed by atoms with van der Waals surface area (Å²) in [5, 5.41) is 0. The molecule has 3 heteroatoms. The van der Waals surface area contributed by atoms with Gasteiger partial charge in [0, 0.05) is 5.56 Å². The zero-order chi connectivity index (χ0) is 17.2. The van der Waals surface area contributed by atoms with Gasteiger partial charge in [-0.1, -0.05) is 60.7 Å². The molecule has 25 heavy (non-hydrogen) atoms. The number of rotatable bonds is 4. The Bertz CT molecular complexity index is 848. The van der Waals surface area contributed by atoms with Crippen molar-refractivity contribution in [1.82, 2.24) is 0 Å². The molecule has 0 saturated heterocycles. The van der Waals surface area contributed by atoms with Crippen molar-refractivity contribution in [2.24, 2.45) is 0 Å². The molecule has 3 aromatic carbocycles. The van der Waals surface area contributed by atoms with E-state index >= 15 is 0 Å². The Morgan fingerprint density at radius 2 is 1.48 bits per heavy atom. The van der Waals surface area contributed by atoms with E-state index in [1.54, 1.807) is 19.2 Å². The fourth-order valence-corrected chi connectivity index (χ4v) is 3.44. The van der Waals surface area contributed by atoms with Crippen LogP contribution in [-0.4, -0.2) is 13.1 Å². The summed E-state index contributed by atoms with van der Waals surface area (Å²) in [6.07, 6.45) is -0.373. The molecule has 0 aliphatic carbocycles. The summed E-state index contributed by atoms with van der Waals surface area (Å²) in [5.74, 6) is 0.376. The van der Waals surface area contributed by atoms with Gasteiger partial charge in [-0.2, -0.15) is 0 Å². The molecule has 0 bridgehead atoms. The Kier molecular flexibility index (Phi) is 3.98. The van der Waals surface area contributed by atoms with Crippen LogP contribution in [0, 0.1) is 0 Å². The number of carbonyl (C=O) groups is 1. The molecule has 0 amide bonds. The lowest BCUT2D eigenvalue weighted by Gasteiger charge is -2.24. The van der Waals surface area contributed by atoms with Crippen LogP contribution in [0.4, 0.5) is 0 Å². The van der Waals surface area contributed by atoms with Crippen LogP contribution in [0.5, 0.6) is 5.75 Å². The van der Waals surface area contributed by atoms with E-state index in [0.717, 1.165) is 22.4 Å². The average molecular weight is 330 g/mol. The van der Waals surface area contributed by atoms with Crippen LogP contribution in [0.1, 0.15) is 39.1 Å². The smallest absolute Gasteiger partial charge is 0.339 e. The Morgan fingerprint density at radius 3 is 2.04 bits per heavy atom. The van der Waals surface area contributed by atoms with Gasteiger partial charge in [0.25, 0.3) is 0 Å². The van der Waals surface area contributed by atoms with Crippen molar-refractivity contribution in [1.29, 1.82) is 0 Å². The number of hydrogen-bond acceptors (Lipinski definition) is 3. The third-order valence-corrected chi connectivity index (χ3v) is 4.64. The summed E-state index contributed by atoms with van der Waals surface area (Å²) in [6, 6.07) is 25.8. The molecule has 1 heterocycles. The van der Waals surface area contributed by atoms with Crippen molar-refractivity contribution < 1.29 is 14.3 Å². The molecule has 124 valence electrons. The Labute approximate surface area is 146 Å². The van der Waals surface area contributed by atoms with Gasteiger partial charge in [-0.25, -0.2) is 4.79 Å². The Balaban J connectivity index is 1.86. The zero-order valence-electron chi connectivity index (χ0n) is 13.9. The van der Waals surface area contributed by atoms with E-state index in [1.807, 2.05) is 42.5 Å². The second-order valence-corrected chi connectivity index (χ2v) is 6.08. The van der Waals surface area contributed by atoms with E-state index in [0.29, 0.717) is 5.56 Å². The van der Waals surface area contributed by atoms with Gasteiger partial charge in [-0.15, -0.1) is 0 Å². The first-order valence-electron chi connectivity index (χ1n) is 8.27. The van der Waals surface area contributed by atoms with Crippen molar-refractivity contribution >= 4 is 5.97 Å². The van der Waals surface area contributed by atoms with Gasteiger partial charge >= 0.3 is 5.97 Å². The average Bonchev–Trinajstić information content (AvgIpc) is 2.99. The normalized spacial score (nSPS) is 15.8. The van der Waals surface area contributed by atoms with Crippen LogP contribution in [0.3, 0.4) is 0 Å². The van der Waals surface area contributed by atoms with Crippen LogP contribution in [0.2, 0.25) is 0 Å². The molecule has 3 nitrogen and oxygen atoms in total. The molecule has 3 aromatic rings. The maximum absolute atomic E-state index is 12.4. The number of ether oxygens (including phenoxy) is 2. The minimum atomic E-state index is -0.373. The maximum atomic E-state index is 12.4. The van der Waals surface area contributed by atoms with Crippen molar-refractivity contribution in [3.05, 3.63) is 101 Å². The summed E-state index contributed by atoms with van der Waals surface area (Å²) in [5.41, 5.74) is 3.72. The van der Waals surface area contributed by atoms with E-state index in [-0.39, 0.29) is 18.0 Å². The largest absolute Gasteiger partial charge is 0.497 e. The molecule has 4 rings (SSSR count). The minimum Gasteiger partial charge on any atom is -0.497 e. The van der Waals surface area contributed by atoms with Gasteiger partial charge in [0.05, 0.1) is 18.6 Å². The first-order chi connectivity index (χ1) is 12.3. The van der Waals surface area contributed by atoms with Crippen molar-refractivity contribution in [2.75, 3.05) is 7.11 Å². The number of methoxy groups -OCH3 is 1. The highest BCUT2D eigenvalue weighted by molar-refractivity contribution is 5.94. The van der Waals surface area contributed by atoms with Gasteiger partial charge in [-0.3, -0.25) is 0 Å². The molecular formula is C22H18O3. The zero-order valence-corrected chi connectivity index (χ0v) is 13.9. The summed E-state index contributed by atoms with van der Waals surface area (Å²) in [7, 11) is 1.63. The first kappa shape index (κ1) is 15.5. The third kappa shape index (κ3) is 2.78. The minimum absolute atomic E-state index is 0.0697. The maximum Gasteiger partial charge on any atom is 0.339 e. The molecular weight excluding hydrogens is 312 g/mol. The molecule has 0 saturated carbocycles. The fraction of sp³-hybridized carbons (Fsp3) is 0.136. The molecule has 1 aliphatic heterocycles. The SMILES string of the molecule is COc1ccc2c(c1)C(C(c1ccccc1)c1ccccc1)OC2=O. The van der Waals surface area contributed by atoms with E-state index in [9.17, 15) is 4.79 Å². The fourth-order valence-electron chi connectivity index (χ4n) is 3.44. The second kappa shape index (κ2) is 6.44. The molecule has 0 spiro atoms. The molecule has 0 aromatic heterocycles. The monoisotopic (exact) mass is 330 g/mol. The highest BCUT2D eigenvalue weighted by atomic mass is 16.5. The second-order valence-electron chi connectivity index (χ2n) is 6.08. The van der Waals surface area contributed by atoms with E-state index in [2.05, 4.69) is 24.3 Å². The van der Waals surface area contributed by atoms with Gasteiger partial charge in [-0.05, 0) is 29.3 Å². The van der Waals surface area contributed by atoms with Crippen LogP contribution in [0.15, 0.2) is 78.9 Å². The van der Waals surface area contributed by atoms with Gasteiger partial charge in [0.1, 0.15) is 11.9 Å². The molecule has 0 radical (unpaired) electrons. The number of esters is 1. The number of fused-ring (bicyclic) bond motifs is 1. The van der Waals surface area contributed by atoms with Gasteiger partial charge < -0.3 is 9.47 Å². The van der Waals surface area contributed by atoms with E-state index in [4.69, 9.17) is 9.47 Å². The van der Waals surface area contributed by atoms with Crippen LogP contribution in [-0.2, 0) is 4.74 Å². The van der Waals surface area contributed by atoms with Crippen LogP contribution < -0.4 is 4.74 Å². The summed E-state index contributed by atoms with van der Waals surface area (Å²) >= 11 is 0. The van der Waals surface area contributed by atoms with Crippen LogP contribution in [0.25, 0.3) is 0 Å². The van der Waals surface area contributed by atoms with E-state index in [1.165, 1.54) is 0 Å². The third-order valence-electron chi connectivity index (χ3n) is 4.64. The molecule has 1 aliphatic rings. The lowest BCUT2D eigenvalue weighted by molar-refractivity contribution is 0.0351. The molecule has 1 atom stereocenters. The summed E-state index contributed by atoms with van der Waals surface area (Å²) in [4.78, 5) is 12.4. The predicted octanol–water partition coefficient (Wildman–Crippen LogP) is 4.74. The number of carbonyl (C=O) groups excluding carboxylic acids is 1. The number of benzene rings is 3. The van der Waals surface area contributed by atoms with Crippen molar-refractivity contribution in [2.45, 2.75) is 12.0 Å². The lowest BCUT2D eigenvalue weighted by Crippen LogP contribution is -2.13. The number of hydrogen-bond donors (Lipinski definition) is 0. The Hall–Kier alpha value is -3.07. The van der Waals surface area contributed by atoms with E-state index < -0.39 is 0 Å². The molecule has 1 unspecified atom stereocenters. The van der Waals surface area contributed by atoms with Gasteiger partial charge in [0.2, 0.25) is 0 Å². The molecule has 0 N–H and O–H groups in total. The first-order valence-corrected chi connectivity index (χ1v) is 8.27. The number of cyclic esters (lactones) is 1. The predicted molar refractivity (Wildman–Crippen MR) is 95.9 cm³/mol. The molecule has 0 fully saturated rings.